The molecule has 122 valence electrons. The Labute approximate surface area is 128 Å². The lowest BCUT2D eigenvalue weighted by molar-refractivity contribution is -0.00221. The average molecular weight is 297 g/mol. The van der Waals surface area contributed by atoms with Gasteiger partial charge in [0.25, 0.3) is 0 Å². The molecule has 1 saturated heterocycles. The smallest absolute Gasteiger partial charge is 0.410 e. The van der Waals surface area contributed by atoms with E-state index in [0.717, 1.165) is 38.6 Å². The number of likely N-dealkylation sites (tertiary alicyclic amines) is 1. The zero-order chi connectivity index (χ0) is 15.5. The van der Waals surface area contributed by atoms with Crippen LogP contribution in [0.5, 0.6) is 0 Å². The number of aliphatic hydroxyl groups excluding tert-OH is 1. The lowest BCUT2D eigenvalue weighted by atomic mass is 9.90. The minimum Gasteiger partial charge on any atom is -0.444 e. The van der Waals surface area contributed by atoms with Gasteiger partial charge in [0.05, 0.1) is 6.10 Å². The zero-order valence-electron chi connectivity index (χ0n) is 13.8. The molecule has 1 heterocycles. The predicted octanol–water partition coefficient (Wildman–Crippen LogP) is 3.72. The summed E-state index contributed by atoms with van der Waals surface area (Å²) in [7, 11) is 0. The van der Waals surface area contributed by atoms with Crippen molar-refractivity contribution < 1.29 is 14.6 Å². The van der Waals surface area contributed by atoms with Gasteiger partial charge in [-0.2, -0.15) is 0 Å². The summed E-state index contributed by atoms with van der Waals surface area (Å²) in [6.45, 7) is 6.46. The molecule has 0 aromatic rings. The monoisotopic (exact) mass is 297 g/mol. The Morgan fingerprint density at radius 1 is 1.19 bits per heavy atom. The number of hydrogen-bond acceptors (Lipinski definition) is 3. The molecule has 1 amide bonds. The van der Waals surface area contributed by atoms with Crippen LogP contribution < -0.4 is 0 Å². The third-order valence-electron chi connectivity index (χ3n) is 4.71. The number of piperidine rings is 1. The molecule has 2 aliphatic rings. The summed E-state index contributed by atoms with van der Waals surface area (Å²) in [5.74, 6) is 0.437. The minimum atomic E-state index is -0.455. The highest BCUT2D eigenvalue weighted by Crippen LogP contribution is 2.32. The maximum atomic E-state index is 12.3. The van der Waals surface area contributed by atoms with E-state index in [1.807, 2.05) is 25.7 Å². The molecular formula is C17H31NO3. The summed E-state index contributed by atoms with van der Waals surface area (Å²) >= 11 is 0. The molecule has 1 N–H and O–H groups in total. The van der Waals surface area contributed by atoms with E-state index in [2.05, 4.69) is 0 Å². The van der Waals surface area contributed by atoms with Gasteiger partial charge in [0.15, 0.2) is 0 Å². The Kier molecular flexibility index (Phi) is 5.53. The van der Waals surface area contributed by atoms with Gasteiger partial charge in [-0.25, -0.2) is 4.79 Å². The van der Waals surface area contributed by atoms with Crippen molar-refractivity contribution in [3.8, 4) is 0 Å². The molecule has 4 nitrogen and oxygen atoms in total. The number of rotatable bonds is 3. The molecule has 1 saturated carbocycles. The van der Waals surface area contributed by atoms with Gasteiger partial charge in [0, 0.05) is 12.6 Å². The molecule has 0 aromatic heterocycles. The van der Waals surface area contributed by atoms with Crippen molar-refractivity contribution in [1.82, 2.24) is 4.90 Å². The Hall–Kier alpha value is -0.770. The van der Waals surface area contributed by atoms with E-state index in [4.69, 9.17) is 4.74 Å². The van der Waals surface area contributed by atoms with Gasteiger partial charge in [0.1, 0.15) is 5.60 Å². The summed E-state index contributed by atoms with van der Waals surface area (Å²) in [6, 6.07) is 0.143. The van der Waals surface area contributed by atoms with Crippen molar-refractivity contribution in [2.75, 3.05) is 6.54 Å². The number of ether oxygens (including phenoxy) is 1. The van der Waals surface area contributed by atoms with Gasteiger partial charge in [0.2, 0.25) is 0 Å². The van der Waals surface area contributed by atoms with E-state index >= 15 is 0 Å². The van der Waals surface area contributed by atoms with Gasteiger partial charge in [-0.3, -0.25) is 0 Å². The van der Waals surface area contributed by atoms with Gasteiger partial charge in [-0.15, -0.1) is 0 Å². The lowest BCUT2D eigenvalue weighted by Crippen LogP contribution is -2.47. The molecule has 4 heteroatoms. The SMILES string of the molecule is CC(C)(C)OC(=O)N1CCCC[C@H]1C[C@H](O)C1CCCC1. The molecule has 21 heavy (non-hydrogen) atoms. The zero-order valence-corrected chi connectivity index (χ0v) is 13.8. The first kappa shape index (κ1) is 16.6. The van der Waals surface area contributed by atoms with E-state index < -0.39 is 5.60 Å². The number of aliphatic hydroxyl groups is 1. The number of carbonyl (C=O) groups is 1. The Morgan fingerprint density at radius 2 is 1.81 bits per heavy atom. The highest BCUT2D eigenvalue weighted by Gasteiger charge is 2.33. The number of amides is 1. The topological polar surface area (TPSA) is 49.8 Å². The van der Waals surface area contributed by atoms with Crippen LogP contribution in [0.15, 0.2) is 0 Å². The molecule has 2 fully saturated rings. The normalized spacial score (nSPS) is 25.9. The average Bonchev–Trinajstić information content (AvgIpc) is 2.91. The van der Waals surface area contributed by atoms with Crippen LogP contribution >= 0.6 is 0 Å². The van der Waals surface area contributed by atoms with Crippen LogP contribution in [0.2, 0.25) is 0 Å². The van der Waals surface area contributed by atoms with Crippen molar-refractivity contribution in [2.45, 2.75) is 89.9 Å². The van der Waals surface area contributed by atoms with E-state index in [9.17, 15) is 9.90 Å². The summed E-state index contributed by atoms with van der Waals surface area (Å²) in [5, 5.41) is 10.5. The van der Waals surface area contributed by atoms with Crippen LogP contribution in [-0.4, -0.2) is 40.4 Å². The van der Waals surface area contributed by atoms with Crippen molar-refractivity contribution >= 4 is 6.09 Å². The minimum absolute atomic E-state index is 0.143. The quantitative estimate of drug-likeness (QED) is 0.863. The first-order valence-electron chi connectivity index (χ1n) is 8.54. The van der Waals surface area contributed by atoms with E-state index in [1.165, 1.54) is 12.8 Å². The molecule has 0 radical (unpaired) electrons. The fourth-order valence-corrected chi connectivity index (χ4v) is 3.62. The second-order valence-corrected chi connectivity index (χ2v) is 7.67. The van der Waals surface area contributed by atoms with Gasteiger partial charge in [-0.1, -0.05) is 12.8 Å². The molecule has 0 bridgehead atoms. The fourth-order valence-electron chi connectivity index (χ4n) is 3.62. The molecule has 2 rings (SSSR count). The largest absolute Gasteiger partial charge is 0.444 e. The summed E-state index contributed by atoms with van der Waals surface area (Å²) in [5.41, 5.74) is -0.455. The van der Waals surface area contributed by atoms with Crippen LogP contribution in [0.3, 0.4) is 0 Å². The van der Waals surface area contributed by atoms with Crippen LogP contribution in [0.4, 0.5) is 4.79 Å². The Balaban J connectivity index is 1.93. The van der Waals surface area contributed by atoms with Crippen molar-refractivity contribution in [1.29, 1.82) is 0 Å². The summed E-state index contributed by atoms with van der Waals surface area (Å²) < 4.78 is 5.52. The molecule has 1 aliphatic heterocycles. The molecule has 1 aliphatic carbocycles. The maximum absolute atomic E-state index is 12.3. The van der Waals surface area contributed by atoms with Crippen molar-refractivity contribution in [3.63, 3.8) is 0 Å². The molecule has 0 unspecified atom stereocenters. The van der Waals surface area contributed by atoms with E-state index in [0.29, 0.717) is 12.3 Å². The summed E-state index contributed by atoms with van der Waals surface area (Å²) in [6.07, 6.45) is 8.15. The first-order chi connectivity index (χ1) is 9.87. The number of nitrogens with zero attached hydrogens (tertiary/aromatic N) is 1. The molecule has 0 aromatic carbocycles. The predicted molar refractivity (Wildman–Crippen MR) is 83.2 cm³/mol. The fraction of sp³-hybridized carbons (Fsp3) is 0.941. The van der Waals surface area contributed by atoms with E-state index in [-0.39, 0.29) is 18.2 Å². The van der Waals surface area contributed by atoms with Gasteiger partial charge in [-0.05, 0) is 65.2 Å². The number of hydrogen-bond donors (Lipinski definition) is 1. The first-order valence-corrected chi connectivity index (χ1v) is 8.54. The molecular weight excluding hydrogens is 266 g/mol. The third-order valence-corrected chi connectivity index (χ3v) is 4.71. The van der Waals surface area contributed by atoms with Crippen LogP contribution in [0, 0.1) is 5.92 Å². The lowest BCUT2D eigenvalue weighted by Gasteiger charge is -2.38. The second-order valence-electron chi connectivity index (χ2n) is 7.67. The highest BCUT2D eigenvalue weighted by atomic mass is 16.6. The maximum Gasteiger partial charge on any atom is 0.410 e. The van der Waals surface area contributed by atoms with Gasteiger partial charge >= 0.3 is 6.09 Å². The highest BCUT2D eigenvalue weighted by molar-refractivity contribution is 5.68. The Morgan fingerprint density at radius 3 is 2.43 bits per heavy atom. The van der Waals surface area contributed by atoms with E-state index in [1.54, 1.807) is 0 Å². The second kappa shape index (κ2) is 6.99. The molecule has 2 atom stereocenters. The van der Waals surface area contributed by atoms with Crippen molar-refractivity contribution in [2.24, 2.45) is 5.92 Å². The summed E-state index contributed by atoms with van der Waals surface area (Å²) in [4.78, 5) is 14.2. The van der Waals surface area contributed by atoms with Gasteiger partial charge < -0.3 is 14.7 Å². The van der Waals surface area contributed by atoms with Crippen LogP contribution in [0.1, 0.15) is 72.1 Å². The van der Waals surface area contributed by atoms with Crippen LogP contribution in [-0.2, 0) is 4.74 Å². The molecule has 0 spiro atoms. The van der Waals surface area contributed by atoms with Crippen molar-refractivity contribution in [3.05, 3.63) is 0 Å². The number of carbonyl (C=O) groups excluding carboxylic acids is 1. The Bertz CT molecular complexity index is 344. The standard InChI is InChI=1S/C17H31NO3/c1-17(2,3)21-16(20)18-11-7-6-10-14(18)12-15(19)13-8-4-5-9-13/h13-15,19H,4-12H2,1-3H3/t14-,15-/m0/s1. The third kappa shape index (κ3) is 4.87. The van der Waals surface area contributed by atoms with Crippen LogP contribution in [0.25, 0.3) is 0 Å².